The van der Waals surface area contributed by atoms with Crippen LogP contribution in [0.1, 0.15) is 31.4 Å². The number of benzene rings is 1. The van der Waals surface area contributed by atoms with Crippen molar-refractivity contribution in [3.05, 3.63) is 35.6 Å². The largest absolute Gasteiger partial charge is 0.483 e. The van der Waals surface area contributed by atoms with Gasteiger partial charge in [0.2, 0.25) is 6.10 Å². The Morgan fingerprint density at radius 2 is 1.82 bits per heavy atom. The number of carbonyl (C=O) groups excluding carboxylic acids is 1. The number of aliphatic hydroxyl groups is 1. The molecular weight excluding hydrogens is 452 g/mol. The van der Waals surface area contributed by atoms with E-state index in [0.29, 0.717) is 32.5 Å². The van der Waals surface area contributed by atoms with Gasteiger partial charge in [0.25, 0.3) is 6.47 Å². The molecule has 0 bridgehead atoms. The van der Waals surface area contributed by atoms with E-state index in [-0.39, 0.29) is 31.4 Å². The van der Waals surface area contributed by atoms with Crippen molar-refractivity contribution in [2.24, 2.45) is 0 Å². The normalized spacial score (nSPS) is 20.4. The number of likely N-dealkylation sites (tertiary alicyclic amines) is 1. The smallest absolute Gasteiger partial charge is 0.427 e. The summed E-state index contributed by atoms with van der Waals surface area (Å²) in [7, 11) is 0. The van der Waals surface area contributed by atoms with Crippen LogP contribution in [0.15, 0.2) is 24.3 Å². The van der Waals surface area contributed by atoms with E-state index >= 15 is 0 Å². The maximum absolute atomic E-state index is 13.2. The van der Waals surface area contributed by atoms with Gasteiger partial charge in [-0.15, -0.1) is 0 Å². The molecule has 1 aromatic carbocycles. The molecule has 0 radical (unpaired) electrons. The van der Waals surface area contributed by atoms with Crippen LogP contribution in [-0.2, 0) is 14.3 Å². The molecule has 33 heavy (non-hydrogen) atoms. The summed E-state index contributed by atoms with van der Waals surface area (Å²) in [5.41, 5.74) is 0.487. The molecule has 1 aromatic rings. The van der Waals surface area contributed by atoms with Crippen LogP contribution in [0.4, 0.5) is 22.4 Å². The number of morpholine rings is 1. The first kappa shape index (κ1) is 26.8. The summed E-state index contributed by atoms with van der Waals surface area (Å²) in [5.74, 6) is -0.294. The molecule has 2 aliphatic rings. The zero-order valence-corrected chi connectivity index (χ0v) is 18.1. The minimum absolute atomic E-state index is 0.0477. The molecule has 186 valence electrons. The second kappa shape index (κ2) is 11.6. The van der Waals surface area contributed by atoms with Crippen molar-refractivity contribution < 1.29 is 46.8 Å². The third-order valence-corrected chi connectivity index (χ3v) is 5.88. The number of halogens is 4. The van der Waals surface area contributed by atoms with Crippen LogP contribution < -0.4 is 0 Å². The summed E-state index contributed by atoms with van der Waals surface area (Å²) < 4.78 is 61.8. The topological polar surface area (TPSA) is 99.5 Å². The molecule has 1 amide bonds. The van der Waals surface area contributed by atoms with E-state index < -0.39 is 30.6 Å². The highest BCUT2D eigenvalue weighted by atomic mass is 19.4. The Kier molecular flexibility index (Phi) is 9.44. The van der Waals surface area contributed by atoms with Crippen LogP contribution in [0.25, 0.3) is 0 Å². The Hall–Kier alpha value is -2.44. The SMILES string of the molecule is CC(c1ccc(F)cc1)N1CCOC2(CCN(C(=O)O[C@H](CO)C(F)(F)F)CC2)C1.O=CO. The zero-order valence-electron chi connectivity index (χ0n) is 18.1. The van der Waals surface area contributed by atoms with E-state index in [1.54, 1.807) is 12.1 Å². The van der Waals surface area contributed by atoms with Crippen LogP contribution in [0.3, 0.4) is 0 Å². The van der Waals surface area contributed by atoms with Gasteiger partial charge in [0.15, 0.2) is 0 Å². The number of hydrogen-bond acceptors (Lipinski definition) is 6. The van der Waals surface area contributed by atoms with Gasteiger partial charge < -0.3 is 24.6 Å². The fourth-order valence-corrected chi connectivity index (χ4v) is 3.96. The summed E-state index contributed by atoms with van der Waals surface area (Å²) in [6, 6.07) is 6.39. The Morgan fingerprint density at radius 3 is 2.33 bits per heavy atom. The van der Waals surface area contributed by atoms with Gasteiger partial charge >= 0.3 is 12.3 Å². The van der Waals surface area contributed by atoms with Gasteiger partial charge in [-0.25, -0.2) is 9.18 Å². The van der Waals surface area contributed by atoms with Gasteiger partial charge in [-0.3, -0.25) is 9.69 Å². The molecule has 0 saturated carbocycles. The van der Waals surface area contributed by atoms with Crippen molar-refractivity contribution in [3.63, 3.8) is 0 Å². The predicted molar refractivity (Wildman–Crippen MR) is 108 cm³/mol. The summed E-state index contributed by atoms with van der Waals surface area (Å²) in [5, 5.41) is 15.7. The highest BCUT2D eigenvalue weighted by Gasteiger charge is 2.45. The van der Waals surface area contributed by atoms with Gasteiger partial charge in [-0.05, 0) is 37.5 Å². The molecule has 2 fully saturated rings. The average molecular weight is 480 g/mol. The molecule has 0 aromatic heterocycles. The van der Waals surface area contributed by atoms with Crippen LogP contribution in [0, 0.1) is 5.82 Å². The predicted octanol–water partition coefficient (Wildman–Crippen LogP) is 2.81. The molecule has 12 heteroatoms. The van der Waals surface area contributed by atoms with Crippen molar-refractivity contribution in [1.82, 2.24) is 9.80 Å². The number of piperidine rings is 1. The number of alkyl halides is 3. The van der Waals surface area contributed by atoms with Gasteiger partial charge in [-0.1, -0.05) is 12.1 Å². The maximum Gasteiger partial charge on any atom is 0.427 e. The van der Waals surface area contributed by atoms with Gasteiger partial charge in [0.1, 0.15) is 5.82 Å². The Bertz CT molecular complexity index is 769. The number of carbonyl (C=O) groups is 2. The monoisotopic (exact) mass is 480 g/mol. The van der Waals surface area contributed by atoms with E-state index in [0.717, 1.165) is 5.56 Å². The molecule has 3 rings (SSSR count). The second-order valence-corrected chi connectivity index (χ2v) is 7.92. The van der Waals surface area contributed by atoms with Gasteiger partial charge in [0, 0.05) is 32.2 Å². The summed E-state index contributed by atoms with van der Waals surface area (Å²) in [6.07, 6.45) is -7.51. The van der Waals surface area contributed by atoms with Crippen LogP contribution >= 0.6 is 0 Å². The van der Waals surface area contributed by atoms with Crippen molar-refractivity contribution in [2.45, 2.75) is 43.7 Å². The van der Waals surface area contributed by atoms with E-state index in [4.69, 9.17) is 19.7 Å². The van der Waals surface area contributed by atoms with Crippen molar-refractivity contribution >= 4 is 12.6 Å². The molecule has 2 saturated heterocycles. The standard InChI is InChI=1S/C20H26F4N2O4.CH2O2/c1-14(15-2-4-16(21)5-3-15)26-10-11-29-19(13-26)6-8-25(9-7-19)18(28)30-17(12-27)20(22,23)24;2-1-3/h2-5,14,17,27H,6-13H2,1H3;1H,(H,2,3)/t14?,17-;/m1./s1. The summed E-state index contributed by atoms with van der Waals surface area (Å²) >= 11 is 0. The Morgan fingerprint density at radius 1 is 1.24 bits per heavy atom. The van der Waals surface area contributed by atoms with E-state index in [1.165, 1.54) is 17.0 Å². The zero-order chi connectivity index (χ0) is 24.6. The molecule has 2 N–H and O–H groups in total. The fraction of sp³-hybridized carbons (Fsp3) is 0.619. The van der Waals surface area contributed by atoms with Gasteiger partial charge in [0.05, 0.1) is 18.8 Å². The lowest BCUT2D eigenvalue weighted by Gasteiger charge is -2.48. The van der Waals surface area contributed by atoms with Gasteiger partial charge in [-0.2, -0.15) is 13.2 Å². The summed E-state index contributed by atoms with van der Waals surface area (Å²) in [4.78, 5) is 23.9. The first-order valence-electron chi connectivity index (χ1n) is 10.4. The summed E-state index contributed by atoms with van der Waals surface area (Å²) in [6.45, 7) is 2.68. The van der Waals surface area contributed by atoms with Crippen LogP contribution in [-0.4, -0.2) is 89.9 Å². The number of amides is 1. The molecule has 8 nitrogen and oxygen atoms in total. The fourth-order valence-electron chi connectivity index (χ4n) is 3.96. The minimum atomic E-state index is -4.81. The van der Waals surface area contributed by atoms with E-state index in [2.05, 4.69) is 9.64 Å². The molecule has 1 spiro atoms. The van der Waals surface area contributed by atoms with Crippen LogP contribution in [0.5, 0.6) is 0 Å². The third-order valence-electron chi connectivity index (χ3n) is 5.88. The lowest BCUT2D eigenvalue weighted by Crippen LogP contribution is -2.58. The quantitative estimate of drug-likeness (QED) is 0.505. The second-order valence-electron chi connectivity index (χ2n) is 7.92. The number of nitrogens with zero attached hydrogens (tertiary/aromatic N) is 2. The van der Waals surface area contributed by atoms with Crippen molar-refractivity contribution in [1.29, 1.82) is 0 Å². The van der Waals surface area contributed by atoms with Crippen molar-refractivity contribution in [2.75, 3.05) is 39.4 Å². The van der Waals surface area contributed by atoms with Crippen LogP contribution in [0.2, 0.25) is 0 Å². The lowest BCUT2D eigenvalue weighted by molar-refractivity contribution is -0.215. The number of hydrogen-bond donors (Lipinski definition) is 2. The van der Waals surface area contributed by atoms with E-state index in [1.807, 2.05) is 6.92 Å². The number of aliphatic hydroxyl groups excluding tert-OH is 1. The molecule has 1 unspecified atom stereocenters. The molecule has 2 heterocycles. The highest BCUT2D eigenvalue weighted by molar-refractivity contribution is 5.68. The number of rotatable bonds is 4. The molecule has 0 aliphatic carbocycles. The minimum Gasteiger partial charge on any atom is -0.483 e. The average Bonchev–Trinajstić information content (AvgIpc) is 2.77. The van der Waals surface area contributed by atoms with Crippen molar-refractivity contribution in [3.8, 4) is 0 Å². The Balaban J connectivity index is 0.00000122. The lowest BCUT2D eigenvalue weighted by atomic mass is 9.88. The number of carboxylic acid groups (broad SMARTS) is 1. The first-order chi connectivity index (χ1) is 15.5. The molecule has 2 aliphatic heterocycles. The third kappa shape index (κ3) is 7.27. The maximum atomic E-state index is 13.2. The number of ether oxygens (including phenoxy) is 2. The molecule has 2 atom stereocenters. The van der Waals surface area contributed by atoms with E-state index in [9.17, 15) is 22.4 Å². The Labute approximate surface area is 188 Å². The first-order valence-corrected chi connectivity index (χ1v) is 10.4. The highest BCUT2D eigenvalue weighted by Crippen LogP contribution is 2.34. The molecular formula is C21H28F4N2O6.